The van der Waals surface area contributed by atoms with Gasteiger partial charge in [0, 0.05) is 18.2 Å². The first-order chi connectivity index (χ1) is 7.04. The fourth-order valence-corrected chi connectivity index (χ4v) is 1.18. The summed E-state index contributed by atoms with van der Waals surface area (Å²) in [5, 5.41) is 19.1. The summed E-state index contributed by atoms with van der Waals surface area (Å²) >= 11 is 0. The number of nitrogens with zero attached hydrogens (tertiary/aromatic N) is 1. The molecule has 0 saturated carbocycles. The maximum atomic E-state index is 13.2. The Bertz CT molecular complexity index is 370. The lowest BCUT2D eigenvalue weighted by atomic mass is 10.1. The maximum Gasteiger partial charge on any atom is 0.269 e. The number of halogens is 1. The van der Waals surface area contributed by atoms with E-state index in [0.29, 0.717) is 0 Å². The van der Waals surface area contributed by atoms with Crippen LogP contribution in [0.2, 0.25) is 0 Å². The monoisotopic (exact) mass is 214 g/mol. The van der Waals surface area contributed by atoms with Crippen molar-refractivity contribution in [3.8, 4) is 0 Å². The molecule has 0 amide bonds. The number of rotatable bonds is 4. The van der Waals surface area contributed by atoms with E-state index in [2.05, 4.69) is 0 Å². The van der Waals surface area contributed by atoms with Crippen molar-refractivity contribution in [1.82, 2.24) is 0 Å². The Balaban J connectivity index is 2.95. The zero-order chi connectivity index (χ0) is 11.4. The molecular formula is C9H11FN2O3. The molecule has 0 aliphatic rings. The van der Waals surface area contributed by atoms with Gasteiger partial charge in [-0.3, -0.25) is 10.1 Å². The third kappa shape index (κ3) is 2.97. The number of nitro groups is 1. The van der Waals surface area contributed by atoms with Gasteiger partial charge in [0.05, 0.1) is 11.5 Å². The zero-order valence-electron chi connectivity index (χ0n) is 7.89. The van der Waals surface area contributed by atoms with E-state index in [-0.39, 0.29) is 24.3 Å². The lowest BCUT2D eigenvalue weighted by Crippen LogP contribution is -2.27. The quantitative estimate of drug-likeness (QED) is 0.567. The molecule has 1 unspecified atom stereocenters. The average Bonchev–Trinajstić information content (AvgIpc) is 2.20. The Morgan fingerprint density at radius 2 is 2.27 bits per heavy atom. The van der Waals surface area contributed by atoms with Crippen molar-refractivity contribution >= 4 is 5.69 Å². The van der Waals surface area contributed by atoms with Crippen LogP contribution in [0.1, 0.15) is 5.56 Å². The number of aliphatic hydroxyl groups excluding tert-OH is 1. The Hall–Kier alpha value is -1.53. The summed E-state index contributed by atoms with van der Waals surface area (Å²) in [5.41, 5.74) is 5.37. The predicted molar refractivity (Wildman–Crippen MR) is 51.8 cm³/mol. The molecule has 0 heterocycles. The number of benzene rings is 1. The highest BCUT2D eigenvalue weighted by atomic mass is 19.1. The van der Waals surface area contributed by atoms with Crippen LogP contribution in [0.15, 0.2) is 18.2 Å². The predicted octanol–water partition coefficient (Wildman–Crippen LogP) is 0.596. The summed E-state index contributed by atoms with van der Waals surface area (Å²) in [6.45, 7) is -0.290. The molecule has 5 nitrogen and oxygen atoms in total. The Morgan fingerprint density at radius 1 is 1.60 bits per heavy atom. The van der Waals surface area contributed by atoms with Crippen molar-refractivity contribution in [2.45, 2.75) is 12.5 Å². The van der Waals surface area contributed by atoms with Crippen molar-refractivity contribution in [2.75, 3.05) is 6.61 Å². The fraction of sp³-hybridized carbons (Fsp3) is 0.333. The lowest BCUT2D eigenvalue weighted by molar-refractivity contribution is -0.385. The van der Waals surface area contributed by atoms with E-state index in [4.69, 9.17) is 10.8 Å². The molecule has 3 N–H and O–H groups in total. The smallest absolute Gasteiger partial charge is 0.269 e. The molecule has 1 rings (SSSR count). The molecule has 0 fully saturated rings. The maximum absolute atomic E-state index is 13.2. The number of nitrogens with two attached hydrogens (primary N) is 1. The van der Waals surface area contributed by atoms with E-state index in [9.17, 15) is 14.5 Å². The summed E-state index contributed by atoms with van der Waals surface area (Å²) < 4.78 is 13.2. The van der Waals surface area contributed by atoms with Crippen LogP contribution in [0.25, 0.3) is 0 Å². The molecular weight excluding hydrogens is 203 g/mol. The number of nitro benzene ring substituents is 1. The van der Waals surface area contributed by atoms with E-state index in [1.807, 2.05) is 0 Å². The zero-order valence-corrected chi connectivity index (χ0v) is 7.89. The fourth-order valence-electron chi connectivity index (χ4n) is 1.18. The molecule has 0 aromatic heterocycles. The van der Waals surface area contributed by atoms with Gasteiger partial charge in [0.2, 0.25) is 0 Å². The third-order valence-corrected chi connectivity index (χ3v) is 1.96. The molecule has 0 aliphatic heterocycles. The van der Waals surface area contributed by atoms with E-state index in [1.54, 1.807) is 0 Å². The van der Waals surface area contributed by atoms with E-state index in [0.717, 1.165) is 18.2 Å². The Kier molecular flexibility index (Phi) is 3.70. The van der Waals surface area contributed by atoms with Crippen LogP contribution in [0, 0.1) is 15.9 Å². The number of hydrogen-bond acceptors (Lipinski definition) is 4. The molecule has 1 atom stereocenters. The van der Waals surface area contributed by atoms with Crippen LogP contribution in [-0.4, -0.2) is 22.7 Å². The summed E-state index contributed by atoms with van der Waals surface area (Å²) in [6.07, 6.45) is 0.0734. The molecule has 82 valence electrons. The highest BCUT2D eigenvalue weighted by molar-refractivity contribution is 5.35. The van der Waals surface area contributed by atoms with Crippen LogP contribution in [0.5, 0.6) is 0 Å². The van der Waals surface area contributed by atoms with Crippen molar-refractivity contribution in [1.29, 1.82) is 0 Å². The van der Waals surface area contributed by atoms with Gasteiger partial charge in [-0.2, -0.15) is 0 Å². The highest BCUT2D eigenvalue weighted by Gasteiger charge is 2.12. The average molecular weight is 214 g/mol. The second kappa shape index (κ2) is 4.81. The molecule has 0 bridgehead atoms. The van der Waals surface area contributed by atoms with E-state index >= 15 is 0 Å². The molecule has 0 spiro atoms. The minimum Gasteiger partial charge on any atom is -0.395 e. The largest absolute Gasteiger partial charge is 0.395 e. The highest BCUT2D eigenvalue weighted by Crippen LogP contribution is 2.17. The Morgan fingerprint density at radius 3 is 2.80 bits per heavy atom. The van der Waals surface area contributed by atoms with Gasteiger partial charge in [-0.15, -0.1) is 0 Å². The van der Waals surface area contributed by atoms with Gasteiger partial charge in [-0.25, -0.2) is 4.39 Å². The second-order valence-corrected chi connectivity index (χ2v) is 3.18. The summed E-state index contributed by atoms with van der Waals surface area (Å²) in [7, 11) is 0. The topological polar surface area (TPSA) is 89.4 Å². The van der Waals surface area contributed by atoms with Crippen molar-refractivity contribution in [2.24, 2.45) is 5.73 Å². The van der Waals surface area contributed by atoms with Crippen molar-refractivity contribution in [3.63, 3.8) is 0 Å². The minimum atomic E-state index is -0.610. The number of aliphatic hydroxyl groups is 1. The molecule has 1 aromatic rings. The van der Waals surface area contributed by atoms with Crippen LogP contribution in [0.3, 0.4) is 0 Å². The molecule has 15 heavy (non-hydrogen) atoms. The van der Waals surface area contributed by atoms with Crippen LogP contribution >= 0.6 is 0 Å². The first kappa shape index (κ1) is 11.5. The van der Waals surface area contributed by atoms with E-state index < -0.39 is 16.8 Å². The first-order valence-corrected chi connectivity index (χ1v) is 4.34. The first-order valence-electron chi connectivity index (χ1n) is 4.34. The lowest BCUT2D eigenvalue weighted by Gasteiger charge is -2.08. The minimum absolute atomic E-state index is 0.0734. The normalized spacial score (nSPS) is 12.5. The van der Waals surface area contributed by atoms with Gasteiger partial charge >= 0.3 is 0 Å². The van der Waals surface area contributed by atoms with Gasteiger partial charge in [0.1, 0.15) is 5.82 Å². The standard InChI is InChI=1S/C9H11FN2O3/c10-9-2-1-8(12(14)15)4-6(9)3-7(11)5-13/h1-2,4,7,13H,3,5,11H2. The Labute approximate surface area is 85.5 Å². The van der Waals surface area contributed by atoms with Gasteiger partial charge < -0.3 is 10.8 Å². The molecule has 1 aromatic carbocycles. The second-order valence-electron chi connectivity index (χ2n) is 3.18. The number of hydrogen-bond donors (Lipinski definition) is 2. The van der Waals surface area contributed by atoms with Crippen LogP contribution < -0.4 is 5.73 Å². The van der Waals surface area contributed by atoms with Crippen molar-refractivity contribution < 1.29 is 14.4 Å². The third-order valence-electron chi connectivity index (χ3n) is 1.96. The SMILES string of the molecule is NC(CO)Cc1cc([N+](=O)[O-])ccc1F. The molecule has 0 saturated heterocycles. The summed E-state index contributed by atoms with van der Waals surface area (Å²) in [4.78, 5) is 9.82. The van der Waals surface area contributed by atoms with Gasteiger partial charge in [-0.05, 0) is 18.1 Å². The van der Waals surface area contributed by atoms with Gasteiger partial charge in [0.15, 0.2) is 0 Å². The van der Waals surface area contributed by atoms with Gasteiger partial charge in [0.25, 0.3) is 5.69 Å². The van der Waals surface area contributed by atoms with Crippen LogP contribution in [-0.2, 0) is 6.42 Å². The molecule has 0 aliphatic carbocycles. The van der Waals surface area contributed by atoms with Gasteiger partial charge in [-0.1, -0.05) is 0 Å². The summed E-state index contributed by atoms with van der Waals surface area (Å²) in [5.74, 6) is -0.551. The summed E-state index contributed by atoms with van der Waals surface area (Å²) in [6, 6.07) is 2.63. The number of non-ortho nitro benzene ring substituents is 1. The molecule has 0 radical (unpaired) electrons. The van der Waals surface area contributed by atoms with Crippen molar-refractivity contribution in [3.05, 3.63) is 39.7 Å². The molecule has 6 heteroatoms. The van der Waals surface area contributed by atoms with E-state index in [1.165, 1.54) is 0 Å². The van der Waals surface area contributed by atoms with Crippen LogP contribution in [0.4, 0.5) is 10.1 Å².